The summed E-state index contributed by atoms with van der Waals surface area (Å²) in [5, 5.41) is 3.80. The summed E-state index contributed by atoms with van der Waals surface area (Å²) in [4.78, 5) is 15.7. The van der Waals surface area contributed by atoms with Crippen molar-refractivity contribution in [3.8, 4) is 0 Å². The number of carbonyl (C=O) groups excluding carboxylic acids is 1. The fourth-order valence-corrected chi connectivity index (χ4v) is 4.43. The van der Waals surface area contributed by atoms with E-state index in [1.165, 1.54) is 0 Å². The van der Waals surface area contributed by atoms with Gasteiger partial charge < -0.3 is 10.2 Å². The standard InChI is InChI=1S/C20H23ClN2OS/c1-23(2)11-6-12-25-18-10-5-8-15-16(13-19(24)22-20(15)18)14-7-3-4-9-17(14)21/h3-5,7-10,16H,6,11-13H2,1-2H3,(H,22,24). The molecule has 0 saturated carbocycles. The fourth-order valence-electron chi connectivity index (χ4n) is 3.18. The van der Waals surface area contributed by atoms with Gasteiger partial charge in [-0.25, -0.2) is 0 Å². The summed E-state index contributed by atoms with van der Waals surface area (Å²) in [6.07, 6.45) is 1.55. The van der Waals surface area contributed by atoms with E-state index in [4.69, 9.17) is 11.6 Å². The van der Waals surface area contributed by atoms with E-state index in [1.807, 2.05) is 24.3 Å². The van der Waals surface area contributed by atoms with Gasteiger partial charge in [0.1, 0.15) is 0 Å². The average Bonchev–Trinajstić information content (AvgIpc) is 2.58. The number of halogens is 1. The van der Waals surface area contributed by atoms with Crippen LogP contribution in [0.2, 0.25) is 5.02 Å². The van der Waals surface area contributed by atoms with Crippen molar-refractivity contribution in [1.29, 1.82) is 0 Å². The number of benzene rings is 2. The van der Waals surface area contributed by atoms with E-state index in [1.54, 1.807) is 11.8 Å². The third-order valence-electron chi connectivity index (χ3n) is 4.38. The van der Waals surface area contributed by atoms with E-state index in [9.17, 15) is 4.79 Å². The summed E-state index contributed by atoms with van der Waals surface area (Å²) in [5.74, 6) is 1.10. The molecule has 5 heteroatoms. The molecule has 0 aliphatic carbocycles. The van der Waals surface area contributed by atoms with Gasteiger partial charge in [-0.15, -0.1) is 11.8 Å². The molecular formula is C20H23ClN2OS. The average molecular weight is 375 g/mol. The number of carbonyl (C=O) groups is 1. The molecule has 0 aromatic heterocycles. The molecule has 2 aromatic rings. The highest BCUT2D eigenvalue weighted by Gasteiger charge is 2.29. The Kier molecular flexibility index (Phi) is 6.05. The Morgan fingerprint density at radius 1 is 1.16 bits per heavy atom. The first-order chi connectivity index (χ1) is 12.1. The summed E-state index contributed by atoms with van der Waals surface area (Å²) < 4.78 is 0. The van der Waals surface area contributed by atoms with Gasteiger partial charge >= 0.3 is 0 Å². The Morgan fingerprint density at radius 3 is 2.68 bits per heavy atom. The molecule has 25 heavy (non-hydrogen) atoms. The second-order valence-corrected chi connectivity index (χ2v) is 8.10. The van der Waals surface area contributed by atoms with Crippen LogP contribution < -0.4 is 5.32 Å². The van der Waals surface area contributed by atoms with Gasteiger partial charge in [0.2, 0.25) is 5.91 Å². The van der Waals surface area contributed by atoms with Crippen LogP contribution in [0.1, 0.15) is 29.9 Å². The van der Waals surface area contributed by atoms with Crippen molar-refractivity contribution in [2.24, 2.45) is 0 Å². The van der Waals surface area contributed by atoms with E-state index < -0.39 is 0 Å². The van der Waals surface area contributed by atoms with Crippen LogP contribution in [0.3, 0.4) is 0 Å². The van der Waals surface area contributed by atoms with Crippen LogP contribution in [0.25, 0.3) is 0 Å². The number of hydrogen-bond acceptors (Lipinski definition) is 3. The molecule has 1 N–H and O–H groups in total. The molecule has 0 fully saturated rings. The molecule has 1 atom stereocenters. The van der Waals surface area contributed by atoms with Crippen LogP contribution in [0.15, 0.2) is 47.4 Å². The predicted octanol–water partition coefficient (Wildman–Crippen LogP) is 4.86. The minimum Gasteiger partial charge on any atom is -0.325 e. The zero-order valence-electron chi connectivity index (χ0n) is 14.6. The molecule has 1 aliphatic heterocycles. The predicted molar refractivity (Wildman–Crippen MR) is 107 cm³/mol. The van der Waals surface area contributed by atoms with Crippen LogP contribution in [-0.4, -0.2) is 37.2 Å². The smallest absolute Gasteiger partial charge is 0.225 e. The number of anilines is 1. The van der Waals surface area contributed by atoms with Crippen LogP contribution in [0, 0.1) is 0 Å². The van der Waals surface area contributed by atoms with E-state index in [2.05, 4.69) is 42.5 Å². The maximum absolute atomic E-state index is 12.3. The summed E-state index contributed by atoms with van der Waals surface area (Å²) in [6, 6.07) is 14.1. The molecular weight excluding hydrogens is 352 g/mol. The van der Waals surface area contributed by atoms with Gasteiger partial charge in [0.25, 0.3) is 0 Å². The lowest BCUT2D eigenvalue weighted by molar-refractivity contribution is -0.116. The molecule has 0 spiro atoms. The molecule has 1 unspecified atom stereocenters. The lowest BCUT2D eigenvalue weighted by atomic mass is 9.85. The number of thioether (sulfide) groups is 1. The third kappa shape index (κ3) is 4.38. The first-order valence-electron chi connectivity index (χ1n) is 8.51. The van der Waals surface area contributed by atoms with Gasteiger partial charge in [-0.1, -0.05) is 41.9 Å². The molecule has 1 heterocycles. The molecule has 1 aliphatic rings. The van der Waals surface area contributed by atoms with E-state index >= 15 is 0 Å². The Morgan fingerprint density at radius 2 is 1.92 bits per heavy atom. The third-order valence-corrected chi connectivity index (χ3v) is 5.86. The highest BCUT2D eigenvalue weighted by atomic mass is 35.5. The van der Waals surface area contributed by atoms with Crippen molar-refractivity contribution >= 4 is 35.0 Å². The molecule has 3 nitrogen and oxygen atoms in total. The first kappa shape index (κ1) is 18.3. The van der Waals surface area contributed by atoms with Crippen molar-refractivity contribution in [3.63, 3.8) is 0 Å². The monoisotopic (exact) mass is 374 g/mol. The maximum Gasteiger partial charge on any atom is 0.225 e. The largest absolute Gasteiger partial charge is 0.325 e. The normalized spacial score (nSPS) is 16.6. The molecule has 3 rings (SSSR count). The van der Waals surface area contributed by atoms with Gasteiger partial charge in [-0.3, -0.25) is 4.79 Å². The molecule has 132 valence electrons. The highest BCUT2D eigenvalue weighted by molar-refractivity contribution is 7.99. The van der Waals surface area contributed by atoms with Crippen LogP contribution in [0.5, 0.6) is 0 Å². The van der Waals surface area contributed by atoms with Crippen LogP contribution >= 0.6 is 23.4 Å². The van der Waals surface area contributed by atoms with Gasteiger partial charge in [-0.2, -0.15) is 0 Å². The number of rotatable bonds is 6. The number of fused-ring (bicyclic) bond motifs is 1. The topological polar surface area (TPSA) is 32.3 Å². The van der Waals surface area contributed by atoms with E-state index in [0.717, 1.165) is 45.5 Å². The van der Waals surface area contributed by atoms with Gasteiger partial charge in [0.15, 0.2) is 0 Å². The minimum absolute atomic E-state index is 0.0137. The number of hydrogen-bond donors (Lipinski definition) is 1. The zero-order chi connectivity index (χ0) is 17.8. The lowest BCUT2D eigenvalue weighted by Gasteiger charge is -2.28. The Hall–Kier alpha value is -1.49. The van der Waals surface area contributed by atoms with E-state index in [-0.39, 0.29) is 11.8 Å². The summed E-state index contributed by atoms with van der Waals surface area (Å²) >= 11 is 8.21. The molecule has 0 saturated heterocycles. The maximum atomic E-state index is 12.3. The van der Waals surface area contributed by atoms with Gasteiger partial charge in [0.05, 0.1) is 5.69 Å². The highest BCUT2D eigenvalue weighted by Crippen LogP contribution is 2.43. The summed E-state index contributed by atoms with van der Waals surface area (Å²) in [6.45, 7) is 1.07. The quantitative estimate of drug-likeness (QED) is 0.579. The molecule has 0 radical (unpaired) electrons. The van der Waals surface area contributed by atoms with Crippen molar-refractivity contribution in [3.05, 3.63) is 58.6 Å². The van der Waals surface area contributed by atoms with Crippen molar-refractivity contribution in [2.75, 3.05) is 31.7 Å². The Labute approximate surface area is 158 Å². The summed E-state index contributed by atoms with van der Waals surface area (Å²) in [5.41, 5.74) is 3.14. The number of nitrogens with one attached hydrogen (secondary N) is 1. The number of amides is 1. The van der Waals surface area contributed by atoms with Crippen LogP contribution in [0.4, 0.5) is 5.69 Å². The molecule has 2 aromatic carbocycles. The van der Waals surface area contributed by atoms with Gasteiger partial charge in [-0.05, 0) is 56.1 Å². The van der Waals surface area contributed by atoms with Crippen molar-refractivity contribution in [2.45, 2.75) is 23.7 Å². The van der Waals surface area contributed by atoms with Gasteiger partial charge in [0, 0.05) is 22.3 Å². The first-order valence-corrected chi connectivity index (χ1v) is 9.87. The van der Waals surface area contributed by atoms with Crippen molar-refractivity contribution in [1.82, 2.24) is 4.90 Å². The Bertz CT molecular complexity index is 763. The molecule has 1 amide bonds. The minimum atomic E-state index is 0.0137. The Balaban J connectivity index is 1.88. The molecule has 0 bridgehead atoms. The number of nitrogens with zero attached hydrogens (tertiary/aromatic N) is 1. The van der Waals surface area contributed by atoms with Crippen molar-refractivity contribution < 1.29 is 4.79 Å². The lowest BCUT2D eigenvalue weighted by Crippen LogP contribution is -2.24. The fraction of sp³-hybridized carbons (Fsp3) is 0.350. The van der Waals surface area contributed by atoms with Crippen LogP contribution in [-0.2, 0) is 4.79 Å². The second kappa shape index (κ2) is 8.26. The summed E-state index contributed by atoms with van der Waals surface area (Å²) in [7, 11) is 4.17. The SMILES string of the molecule is CN(C)CCCSc1cccc2c1NC(=O)CC2c1ccccc1Cl. The zero-order valence-corrected chi connectivity index (χ0v) is 16.2. The second-order valence-electron chi connectivity index (χ2n) is 6.55. The number of para-hydroxylation sites is 1. The van der Waals surface area contributed by atoms with E-state index in [0.29, 0.717) is 6.42 Å².